The smallest absolute Gasteiger partial charge is 0.276 e. The Bertz CT molecular complexity index is 2330. The van der Waals surface area contributed by atoms with E-state index in [4.69, 9.17) is 25.2 Å². The molecular formula is C35H39N11O5. The molecule has 0 unspecified atom stereocenters. The summed E-state index contributed by atoms with van der Waals surface area (Å²) in [6, 6.07) is 12.1. The van der Waals surface area contributed by atoms with Crippen molar-refractivity contribution in [3.63, 3.8) is 0 Å². The lowest BCUT2D eigenvalue weighted by molar-refractivity contribution is 0.0994. The van der Waals surface area contributed by atoms with Gasteiger partial charge in [-0.05, 0) is 76.9 Å². The van der Waals surface area contributed by atoms with Crippen molar-refractivity contribution in [1.29, 1.82) is 0 Å². The van der Waals surface area contributed by atoms with Gasteiger partial charge in [0.2, 0.25) is 17.8 Å². The van der Waals surface area contributed by atoms with Crippen LogP contribution in [-0.4, -0.2) is 70.1 Å². The number of ether oxygens (including phenoxy) is 2. The fourth-order valence-corrected chi connectivity index (χ4v) is 6.73. The molecule has 3 amide bonds. The van der Waals surface area contributed by atoms with Gasteiger partial charge in [-0.3, -0.25) is 34.4 Å². The van der Waals surface area contributed by atoms with Crippen molar-refractivity contribution in [2.45, 2.75) is 66.2 Å². The second kappa shape index (κ2) is 13.3. The number of nitrogens with zero attached hydrogens (tertiary/aromatic N) is 8. The van der Waals surface area contributed by atoms with E-state index in [2.05, 4.69) is 20.8 Å². The molecule has 1 aliphatic rings. The Kier molecular flexibility index (Phi) is 8.66. The molecule has 7 rings (SSSR count). The molecule has 0 bridgehead atoms. The predicted molar refractivity (Wildman–Crippen MR) is 189 cm³/mol. The van der Waals surface area contributed by atoms with Gasteiger partial charge < -0.3 is 24.3 Å². The minimum absolute atomic E-state index is 0.237. The van der Waals surface area contributed by atoms with Gasteiger partial charge in [0.1, 0.15) is 40.5 Å². The van der Waals surface area contributed by atoms with Gasteiger partial charge in [0.15, 0.2) is 0 Å². The first-order chi connectivity index (χ1) is 24.6. The standard InChI is InChI=1S/C35H39N11O5/c1-6-44-25(14-19(3)41-44)32(48)39-34-38-29-24(11-8-12-27(29)50-5)43(34)13-9-10-22-18-51-28-17-21(31(36)47)16-23-30(28)46(22)35(37-23)40-33(49)26-15-20(4)42-45(26)7-2/h8,11-12,14-17,22H,6-7,9-10,13,18H2,1-5H3,(H2,36,47)(H,37,40,49)(H,38,39,48)/t22-/m0/s1. The van der Waals surface area contributed by atoms with E-state index in [1.165, 1.54) is 0 Å². The van der Waals surface area contributed by atoms with Crippen molar-refractivity contribution in [1.82, 2.24) is 38.7 Å². The van der Waals surface area contributed by atoms with Crippen LogP contribution in [0.5, 0.6) is 11.5 Å². The van der Waals surface area contributed by atoms with Gasteiger partial charge in [-0.25, -0.2) is 9.97 Å². The molecule has 1 atom stereocenters. The molecule has 4 N–H and O–H groups in total. The summed E-state index contributed by atoms with van der Waals surface area (Å²) >= 11 is 0. The van der Waals surface area contributed by atoms with Crippen LogP contribution in [-0.2, 0) is 19.6 Å². The average molecular weight is 694 g/mol. The Hall–Kier alpha value is -6.19. The molecule has 5 heterocycles. The maximum Gasteiger partial charge on any atom is 0.276 e. The third kappa shape index (κ3) is 6.02. The molecule has 6 aromatic rings. The maximum atomic E-state index is 13.6. The fourth-order valence-electron chi connectivity index (χ4n) is 6.73. The molecule has 0 fully saturated rings. The summed E-state index contributed by atoms with van der Waals surface area (Å²) in [4.78, 5) is 48.7. The molecule has 264 valence electrons. The van der Waals surface area contributed by atoms with Crippen molar-refractivity contribution in [2.24, 2.45) is 5.73 Å². The number of fused-ring (bicyclic) bond motifs is 1. The van der Waals surface area contributed by atoms with Gasteiger partial charge in [0, 0.05) is 25.2 Å². The lowest BCUT2D eigenvalue weighted by Gasteiger charge is -2.27. The number of primary amides is 1. The number of carbonyl (C=O) groups is 3. The fraction of sp³-hybridized carbons (Fsp3) is 0.343. The lowest BCUT2D eigenvalue weighted by Crippen LogP contribution is -2.26. The second-order valence-corrected chi connectivity index (χ2v) is 12.4. The number of benzene rings is 2. The Morgan fingerprint density at radius 1 is 0.941 bits per heavy atom. The van der Waals surface area contributed by atoms with E-state index in [0.29, 0.717) is 83.8 Å². The minimum Gasteiger partial charge on any atom is -0.494 e. The number of anilines is 2. The van der Waals surface area contributed by atoms with Crippen LogP contribution < -0.4 is 25.8 Å². The van der Waals surface area contributed by atoms with Gasteiger partial charge in [0.25, 0.3) is 11.8 Å². The summed E-state index contributed by atoms with van der Waals surface area (Å²) in [5.74, 6) is 0.463. The number of rotatable bonds is 12. The number of methoxy groups -OCH3 is 1. The lowest BCUT2D eigenvalue weighted by atomic mass is 10.1. The molecule has 16 nitrogen and oxygen atoms in total. The number of aromatic nitrogens is 8. The molecule has 0 radical (unpaired) electrons. The molecule has 1 aliphatic heterocycles. The zero-order valence-corrected chi connectivity index (χ0v) is 29.1. The van der Waals surface area contributed by atoms with Gasteiger partial charge in [-0.15, -0.1) is 0 Å². The van der Waals surface area contributed by atoms with E-state index in [1.807, 2.05) is 55.0 Å². The SMILES string of the molecule is CCn1nc(C)cc1C(=O)Nc1nc2c(OC)cccc2n1CCC[C@H]1COc2cc(C(N)=O)cc3nc(NC(=O)c4cc(C)nn4CC)n1c23. The van der Waals surface area contributed by atoms with E-state index in [-0.39, 0.29) is 30.0 Å². The van der Waals surface area contributed by atoms with Gasteiger partial charge in [-0.1, -0.05) is 6.07 Å². The quantitative estimate of drug-likeness (QED) is 0.166. The van der Waals surface area contributed by atoms with Crippen molar-refractivity contribution >= 4 is 51.7 Å². The van der Waals surface area contributed by atoms with Crippen LogP contribution in [0, 0.1) is 13.8 Å². The molecule has 16 heteroatoms. The van der Waals surface area contributed by atoms with Gasteiger partial charge in [-0.2, -0.15) is 10.2 Å². The molecule has 0 spiro atoms. The van der Waals surface area contributed by atoms with E-state index < -0.39 is 5.91 Å². The summed E-state index contributed by atoms with van der Waals surface area (Å²) in [6.07, 6.45) is 1.24. The summed E-state index contributed by atoms with van der Waals surface area (Å²) < 4.78 is 19.0. The number of nitrogens with one attached hydrogen (secondary N) is 2. The van der Waals surface area contributed by atoms with Crippen LogP contribution in [0.2, 0.25) is 0 Å². The highest BCUT2D eigenvalue weighted by Gasteiger charge is 2.30. The summed E-state index contributed by atoms with van der Waals surface area (Å²) in [5.41, 5.74) is 10.7. The zero-order valence-electron chi connectivity index (χ0n) is 29.1. The van der Waals surface area contributed by atoms with E-state index in [9.17, 15) is 14.4 Å². The Balaban J connectivity index is 1.20. The van der Waals surface area contributed by atoms with Crippen LogP contribution in [0.25, 0.3) is 22.1 Å². The number of imidazole rings is 2. The molecular weight excluding hydrogens is 654 g/mol. The highest BCUT2D eigenvalue weighted by atomic mass is 16.5. The predicted octanol–water partition coefficient (Wildman–Crippen LogP) is 4.46. The van der Waals surface area contributed by atoms with Gasteiger partial charge >= 0.3 is 0 Å². The van der Waals surface area contributed by atoms with Crippen LogP contribution in [0.4, 0.5) is 11.9 Å². The van der Waals surface area contributed by atoms with E-state index in [0.717, 1.165) is 16.9 Å². The summed E-state index contributed by atoms with van der Waals surface area (Å²) in [7, 11) is 1.58. The molecule has 51 heavy (non-hydrogen) atoms. The third-order valence-electron chi connectivity index (χ3n) is 9.03. The van der Waals surface area contributed by atoms with Crippen molar-refractivity contribution < 1.29 is 23.9 Å². The van der Waals surface area contributed by atoms with E-state index >= 15 is 0 Å². The first-order valence-corrected chi connectivity index (χ1v) is 16.8. The Morgan fingerprint density at radius 3 is 2.24 bits per heavy atom. The number of amides is 3. The number of carbonyl (C=O) groups excluding carboxylic acids is 3. The highest BCUT2D eigenvalue weighted by molar-refractivity contribution is 6.05. The Labute approximate surface area is 292 Å². The molecule has 0 saturated carbocycles. The van der Waals surface area contributed by atoms with Crippen LogP contribution >= 0.6 is 0 Å². The van der Waals surface area contributed by atoms with E-state index in [1.54, 1.807) is 40.7 Å². The first-order valence-electron chi connectivity index (χ1n) is 16.8. The van der Waals surface area contributed by atoms with Crippen LogP contribution in [0.3, 0.4) is 0 Å². The molecule has 0 saturated heterocycles. The van der Waals surface area contributed by atoms with Crippen molar-refractivity contribution in [3.05, 3.63) is 70.8 Å². The monoisotopic (exact) mass is 693 g/mol. The Morgan fingerprint density at radius 2 is 1.61 bits per heavy atom. The maximum absolute atomic E-state index is 13.6. The normalized spacial score (nSPS) is 13.8. The van der Waals surface area contributed by atoms with Crippen LogP contribution in [0.15, 0.2) is 42.5 Å². The number of aryl methyl sites for hydroxylation is 5. The minimum atomic E-state index is -0.609. The summed E-state index contributed by atoms with van der Waals surface area (Å²) in [5, 5.41) is 14.8. The van der Waals surface area contributed by atoms with Crippen LogP contribution in [0.1, 0.15) is 75.5 Å². The molecule has 0 aliphatic carbocycles. The second-order valence-electron chi connectivity index (χ2n) is 12.4. The number of hydrogen-bond donors (Lipinski definition) is 3. The first kappa shape index (κ1) is 33.3. The number of hydrogen-bond acceptors (Lipinski definition) is 9. The average Bonchev–Trinajstić information content (AvgIpc) is 3.88. The number of nitrogens with two attached hydrogens (primary N) is 1. The molecule has 2 aromatic carbocycles. The number of para-hydroxylation sites is 1. The van der Waals surface area contributed by atoms with Crippen molar-refractivity contribution in [3.8, 4) is 11.5 Å². The van der Waals surface area contributed by atoms with Gasteiger partial charge in [0.05, 0.1) is 35.6 Å². The largest absolute Gasteiger partial charge is 0.494 e. The summed E-state index contributed by atoms with van der Waals surface area (Å²) in [6.45, 7) is 9.34. The topological polar surface area (TPSA) is 191 Å². The molecule has 4 aromatic heterocycles. The van der Waals surface area contributed by atoms with Crippen molar-refractivity contribution in [2.75, 3.05) is 24.4 Å². The zero-order chi connectivity index (χ0) is 36.0. The third-order valence-corrected chi connectivity index (χ3v) is 9.03. The highest BCUT2D eigenvalue weighted by Crippen LogP contribution is 2.39.